The van der Waals surface area contributed by atoms with Gasteiger partial charge in [-0.15, -0.1) is 21.9 Å². The normalized spacial score (nSPS) is 11.4. The van der Waals surface area contributed by atoms with Gasteiger partial charge in [0.05, 0.1) is 0 Å². The van der Waals surface area contributed by atoms with Crippen molar-refractivity contribution in [2.24, 2.45) is 0 Å². The Labute approximate surface area is 362 Å². The van der Waals surface area contributed by atoms with Crippen LogP contribution in [0.15, 0.2) is 114 Å². The van der Waals surface area contributed by atoms with Gasteiger partial charge in [-0.2, -0.15) is 0 Å². The van der Waals surface area contributed by atoms with E-state index in [0.29, 0.717) is 11.6 Å². The summed E-state index contributed by atoms with van der Waals surface area (Å²) in [5.41, 5.74) is 6.71. The van der Waals surface area contributed by atoms with Crippen molar-refractivity contribution in [1.82, 2.24) is 15.0 Å². The lowest BCUT2D eigenvalue weighted by Crippen LogP contribution is -2.56. The molecule has 15 heteroatoms. The first-order chi connectivity index (χ1) is 28.8. The summed E-state index contributed by atoms with van der Waals surface area (Å²) in [6.45, 7) is 0. The minimum absolute atomic E-state index is 0.00186. The Balaban J connectivity index is 1.23. The predicted molar refractivity (Wildman–Crippen MR) is 259 cm³/mol. The van der Waals surface area contributed by atoms with Crippen molar-refractivity contribution in [3.63, 3.8) is 0 Å². The van der Waals surface area contributed by atoms with Crippen LogP contribution < -0.4 is 60.1 Å². The highest BCUT2D eigenvalue weighted by Crippen LogP contribution is 2.33. The molecule has 9 rings (SSSR count). The highest BCUT2D eigenvalue weighted by Gasteiger charge is 2.27. The predicted octanol–water partition coefficient (Wildman–Crippen LogP) is -1.50. The summed E-state index contributed by atoms with van der Waals surface area (Å²) in [5.74, 6) is 0.876. The first-order valence-corrected chi connectivity index (χ1v) is 18.6. The molecule has 0 spiro atoms. The Morgan fingerprint density at radius 1 is 0.267 bits per heavy atom. The molecule has 0 bridgehead atoms. The minimum Gasteiger partial charge on any atom is -0.457 e. The fourth-order valence-electron chi connectivity index (χ4n) is 7.62. The molecule has 2 heterocycles. The van der Waals surface area contributed by atoms with E-state index in [-0.39, 0.29) is 105 Å². The second kappa shape index (κ2) is 15.3. The van der Waals surface area contributed by atoms with Gasteiger partial charge >= 0.3 is 0 Å². The number of rotatable bonds is 6. The van der Waals surface area contributed by atoms with Crippen molar-refractivity contribution in [3.8, 4) is 67.5 Å². The first kappa shape index (κ1) is 39.5. The van der Waals surface area contributed by atoms with Crippen LogP contribution in [-0.4, -0.2) is 101 Å². The van der Waals surface area contributed by atoms with Crippen LogP contribution >= 0.6 is 0 Å². The molecule has 0 saturated heterocycles. The van der Waals surface area contributed by atoms with Gasteiger partial charge in [-0.3, -0.25) is 0 Å². The molecule has 0 atom stereocenters. The third kappa shape index (κ3) is 6.36. The number of nitrogens with zero attached hydrogens (tertiary/aromatic N) is 3. The molecule has 4 nitrogen and oxygen atoms in total. The molecule has 252 valence electrons. The summed E-state index contributed by atoms with van der Waals surface area (Å²) in [7, 11) is 72.3. The molecule has 22 radical (unpaired) electrons. The van der Waals surface area contributed by atoms with Crippen LogP contribution in [0.4, 0.5) is 0 Å². The summed E-state index contributed by atoms with van der Waals surface area (Å²) in [4.78, 5) is 14.7. The Morgan fingerprint density at radius 2 is 0.617 bits per heavy atom. The van der Waals surface area contributed by atoms with Crippen LogP contribution in [0.1, 0.15) is 0 Å². The SMILES string of the molecule is [B]c1c([B])c([B])c(-c2c([B])c([B])c([B])c3oc4c([B])c(-c5nc(-c6ccccc6)nc(-c6ccc(-c7ccc(-c8ccccc8)cc7)cc6)n5)c([B])c([B])c4c23)c([B])c1[B]. The average molecular weight is 736 g/mol. The Bertz CT molecular complexity index is 3170. The molecule has 0 amide bonds. The van der Waals surface area contributed by atoms with Crippen molar-refractivity contribution in [3.05, 3.63) is 109 Å². The lowest BCUT2D eigenvalue weighted by Gasteiger charge is -2.25. The fourth-order valence-corrected chi connectivity index (χ4v) is 7.62. The van der Waals surface area contributed by atoms with E-state index in [1.807, 2.05) is 72.8 Å². The monoisotopic (exact) mass is 737 g/mol. The van der Waals surface area contributed by atoms with Crippen LogP contribution in [0, 0.1) is 0 Å². The molecular weight excluding hydrogens is 717 g/mol. The number of furan rings is 1. The highest BCUT2D eigenvalue weighted by atomic mass is 16.3. The molecule has 0 aliphatic carbocycles. The van der Waals surface area contributed by atoms with E-state index in [1.54, 1.807) is 0 Å². The van der Waals surface area contributed by atoms with Crippen molar-refractivity contribution < 1.29 is 4.42 Å². The topological polar surface area (TPSA) is 51.8 Å². The summed E-state index contributed by atoms with van der Waals surface area (Å²) >= 11 is 0. The lowest BCUT2D eigenvalue weighted by molar-refractivity contribution is 0.674. The molecule has 2 aromatic heterocycles. The minimum atomic E-state index is -0.0144. The van der Waals surface area contributed by atoms with Gasteiger partial charge < -0.3 is 4.42 Å². The summed E-state index contributed by atoms with van der Waals surface area (Å²) in [5, 5.41) is 0.532. The molecule has 7 aromatic carbocycles. The zero-order valence-corrected chi connectivity index (χ0v) is 32.0. The maximum absolute atomic E-state index is 7.00. The Morgan fingerprint density at radius 3 is 1.13 bits per heavy atom. The molecule has 0 aliphatic rings. The van der Waals surface area contributed by atoms with Crippen LogP contribution in [-0.2, 0) is 0 Å². The van der Waals surface area contributed by atoms with Gasteiger partial charge in [0.1, 0.15) is 97.5 Å². The van der Waals surface area contributed by atoms with Crippen LogP contribution in [0.3, 0.4) is 0 Å². The zero-order valence-electron chi connectivity index (χ0n) is 32.0. The van der Waals surface area contributed by atoms with Gasteiger partial charge in [0.2, 0.25) is 0 Å². The van der Waals surface area contributed by atoms with Crippen LogP contribution in [0.5, 0.6) is 0 Å². The van der Waals surface area contributed by atoms with Crippen molar-refractivity contribution in [2.45, 2.75) is 0 Å². The van der Waals surface area contributed by atoms with Crippen molar-refractivity contribution >= 4 is 168 Å². The van der Waals surface area contributed by atoms with Gasteiger partial charge in [0, 0.05) is 27.5 Å². The van der Waals surface area contributed by atoms with Crippen LogP contribution in [0.25, 0.3) is 89.5 Å². The Hall–Kier alpha value is -5.94. The zero-order chi connectivity index (χ0) is 42.1. The third-order valence-corrected chi connectivity index (χ3v) is 10.9. The number of benzene rings is 7. The van der Waals surface area contributed by atoms with E-state index in [0.717, 1.165) is 33.4 Å². The first-order valence-electron chi connectivity index (χ1n) is 18.6. The largest absolute Gasteiger partial charge is 0.457 e. The second-order valence-electron chi connectivity index (χ2n) is 14.4. The molecule has 0 N–H and O–H groups in total. The van der Waals surface area contributed by atoms with Gasteiger partial charge in [-0.25, -0.2) is 15.0 Å². The number of hydrogen-bond donors (Lipinski definition) is 0. The molecule has 0 unspecified atom stereocenters. The molecule has 9 aromatic rings. The maximum atomic E-state index is 7.00. The molecular formula is C45H18B11N3O. The summed E-state index contributed by atoms with van der Waals surface area (Å²) < 4.78 is 6.43. The molecule has 0 fully saturated rings. The average Bonchev–Trinajstić information content (AvgIpc) is 3.69. The van der Waals surface area contributed by atoms with Crippen LogP contribution in [0.2, 0.25) is 0 Å². The highest BCUT2D eigenvalue weighted by molar-refractivity contribution is 6.71. The smallest absolute Gasteiger partial charge is 0.164 e. The van der Waals surface area contributed by atoms with Crippen molar-refractivity contribution in [2.75, 3.05) is 0 Å². The van der Waals surface area contributed by atoms with Gasteiger partial charge in [-0.05, 0) is 38.8 Å². The number of aromatic nitrogens is 3. The summed E-state index contributed by atoms with van der Waals surface area (Å²) in [6, 6.07) is 36.0. The van der Waals surface area contributed by atoms with E-state index in [4.69, 9.17) is 106 Å². The van der Waals surface area contributed by atoms with Crippen molar-refractivity contribution in [1.29, 1.82) is 0 Å². The van der Waals surface area contributed by atoms with E-state index in [2.05, 4.69) is 36.4 Å². The standard InChI is InChI=1S/C45H18B11N3O/c46-30-25(27-31(47)36(52)39(55)37(53)32(27)48)26-28-33(49)34(50)29(35(51)42(28)60-41(26)40(56)38(30)54)45-58-43(23-9-5-2-6-10-23)57-44(59-45)24-17-15-22(16-18-24)21-13-11-20(12-14-21)19-7-3-1-4-8-19/h1-18H. The van der Waals surface area contributed by atoms with E-state index >= 15 is 0 Å². The van der Waals surface area contributed by atoms with E-state index in [1.165, 1.54) is 0 Å². The number of hydrogen-bond acceptors (Lipinski definition) is 4. The van der Waals surface area contributed by atoms with Gasteiger partial charge in [-0.1, -0.05) is 142 Å². The number of fused-ring (bicyclic) bond motifs is 3. The van der Waals surface area contributed by atoms with E-state index < -0.39 is 0 Å². The molecule has 0 aliphatic heterocycles. The maximum Gasteiger partial charge on any atom is 0.164 e. The van der Waals surface area contributed by atoms with E-state index in [9.17, 15) is 0 Å². The molecule has 0 saturated carbocycles. The second-order valence-corrected chi connectivity index (χ2v) is 14.4. The third-order valence-electron chi connectivity index (χ3n) is 10.9. The van der Waals surface area contributed by atoms with Gasteiger partial charge in [0.25, 0.3) is 0 Å². The Kier molecular flexibility index (Phi) is 10.1. The van der Waals surface area contributed by atoms with Gasteiger partial charge in [0.15, 0.2) is 17.5 Å². The fraction of sp³-hybridized carbons (Fsp3) is 0. The quantitative estimate of drug-likeness (QED) is 0.196. The summed E-state index contributed by atoms with van der Waals surface area (Å²) in [6.07, 6.45) is 0. The molecule has 60 heavy (non-hydrogen) atoms. The lowest BCUT2D eigenvalue weighted by atomic mass is 9.58.